The summed E-state index contributed by atoms with van der Waals surface area (Å²) >= 11 is 3.39. The van der Waals surface area contributed by atoms with E-state index in [4.69, 9.17) is 0 Å². The van der Waals surface area contributed by atoms with Crippen LogP contribution in [0.1, 0.15) is 29.6 Å². The summed E-state index contributed by atoms with van der Waals surface area (Å²) in [6, 6.07) is 19.0. The average molecular weight is 437 g/mol. The molecule has 0 atom stereocenters. The molecule has 142 valence electrons. The minimum absolute atomic E-state index is 0.148. The van der Waals surface area contributed by atoms with Crippen LogP contribution < -0.4 is 10.2 Å². The zero-order chi connectivity index (χ0) is 19.3. The third-order valence-electron chi connectivity index (χ3n) is 4.83. The van der Waals surface area contributed by atoms with Gasteiger partial charge in [-0.1, -0.05) is 34.1 Å². The van der Waals surface area contributed by atoms with Gasteiger partial charge in [-0.3, -0.25) is 4.79 Å². The highest BCUT2D eigenvalue weighted by Crippen LogP contribution is 2.23. The van der Waals surface area contributed by atoms with E-state index < -0.39 is 0 Å². The maximum atomic E-state index is 12.5. The second-order valence-electron chi connectivity index (χ2n) is 6.87. The fraction of sp³-hybridized carbons (Fsp3) is 0.227. The zero-order valence-corrected chi connectivity index (χ0v) is 17.0. The van der Waals surface area contributed by atoms with Crippen molar-refractivity contribution in [3.05, 3.63) is 70.7 Å². The lowest BCUT2D eigenvalue weighted by Crippen LogP contribution is -2.30. The third-order valence-corrected chi connectivity index (χ3v) is 5.33. The van der Waals surface area contributed by atoms with Crippen molar-refractivity contribution < 1.29 is 4.79 Å². The molecule has 2 aromatic carbocycles. The Bertz CT molecular complexity index is 968. The second-order valence-corrected chi connectivity index (χ2v) is 7.79. The van der Waals surface area contributed by atoms with E-state index in [0.29, 0.717) is 5.56 Å². The van der Waals surface area contributed by atoms with Gasteiger partial charge in [-0.25, -0.2) is 0 Å². The van der Waals surface area contributed by atoms with Gasteiger partial charge in [0.05, 0.1) is 5.69 Å². The van der Waals surface area contributed by atoms with Crippen LogP contribution in [0.15, 0.2) is 65.1 Å². The normalized spacial score (nSPS) is 14.0. The minimum atomic E-state index is -0.148. The summed E-state index contributed by atoms with van der Waals surface area (Å²) in [7, 11) is 0. The molecule has 1 aliphatic heterocycles. The Morgan fingerprint density at radius 3 is 2.50 bits per heavy atom. The van der Waals surface area contributed by atoms with Crippen molar-refractivity contribution >= 4 is 33.3 Å². The number of nitrogens with zero attached hydrogens (tertiary/aromatic N) is 3. The Balaban J connectivity index is 1.49. The summed E-state index contributed by atoms with van der Waals surface area (Å²) in [5.74, 6) is 0.785. The number of rotatable bonds is 4. The highest BCUT2D eigenvalue weighted by Gasteiger charge is 2.13. The van der Waals surface area contributed by atoms with Crippen LogP contribution in [-0.2, 0) is 0 Å². The molecular formula is C22H21BrN4O. The Kier molecular flexibility index (Phi) is 5.67. The summed E-state index contributed by atoms with van der Waals surface area (Å²) in [4.78, 5) is 14.8. The van der Waals surface area contributed by atoms with Crippen LogP contribution >= 0.6 is 15.9 Å². The van der Waals surface area contributed by atoms with Crippen LogP contribution in [0.2, 0.25) is 0 Å². The van der Waals surface area contributed by atoms with Gasteiger partial charge in [0.1, 0.15) is 0 Å². The topological polar surface area (TPSA) is 58.1 Å². The number of halogens is 1. The minimum Gasteiger partial charge on any atom is -0.355 e. The van der Waals surface area contributed by atoms with Crippen molar-refractivity contribution in [2.45, 2.75) is 19.3 Å². The zero-order valence-electron chi connectivity index (χ0n) is 15.4. The maximum Gasteiger partial charge on any atom is 0.255 e. The lowest BCUT2D eigenvalue weighted by atomic mass is 10.1. The molecular weight excluding hydrogens is 416 g/mol. The number of piperidine rings is 1. The van der Waals surface area contributed by atoms with E-state index in [9.17, 15) is 4.79 Å². The Morgan fingerprint density at radius 1 is 0.929 bits per heavy atom. The number of hydrogen-bond acceptors (Lipinski definition) is 4. The highest BCUT2D eigenvalue weighted by atomic mass is 79.9. The van der Waals surface area contributed by atoms with Gasteiger partial charge in [0.2, 0.25) is 0 Å². The lowest BCUT2D eigenvalue weighted by Gasteiger charge is -2.27. The first-order valence-corrected chi connectivity index (χ1v) is 10.2. The SMILES string of the molecule is O=C(Nc1cccc(-c2ccc(N3CCCCC3)nn2)c1)c1cccc(Br)c1. The Morgan fingerprint density at radius 2 is 1.75 bits per heavy atom. The van der Waals surface area contributed by atoms with E-state index in [1.165, 1.54) is 19.3 Å². The molecule has 0 radical (unpaired) electrons. The number of carbonyl (C=O) groups excluding carboxylic acids is 1. The summed E-state index contributed by atoms with van der Waals surface area (Å²) in [5.41, 5.74) is 3.04. The number of amides is 1. The number of aromatic nitrogens is 2. The molecule has 2 heterocycles. The highest BCUT2D eigenvalue weighted by molar-refractivity contribution is 9.10. The summed E-state index contributed by atoms with van der Waals surface area (Å²) in [5, 5.41) is 11.8. The van der Waals surface area contributed by atoms with E-state index in [0.717, 1.165) is 40.3 Å². The van der Waals surface area contributed by atoms with E-state index in [1.807, 2.05) is 48.5 Å². The van der Waals surface area contributed by atoms with E-state index >= 15 is 0 Å². The summed E-state index contributed by atoms with van der Waals surface area (Å²) in [6.45, 7) is 2.09. The predicted molar refractivity (Wildman–Crippen MR) is 116 cm³/mol. The van der Waals surface area contributed by atoms with Gasteiger partial charge < -0.3 is 10.2 Å². The van der Waals surface area contributed by atoms with Crippen molar-refractivity contribution in [2.24, 2.45) is 0 Å². The van der Waals surface area contributed by atoms with Crippen LogP contribution in [0.3, 0.4) is 0 Å². The molecule has 1 aromatic heterocycles. The largest absolute Gasteiger partial charge is 0.355 e. The quantitative estimate of drug-likeness (QED) is 0.614. The molecule has 0 saturated carbocycles. The van der Waals surface area contributed by atoms with Crippen molar-refractivity contribution in [2.75, 3.05) is 23.3 Å². The average Bonchev–Trinajstić information content (AvgIpc) is 2.75. The van der Waals surface area contributed by atoms with Crippen LogP contribution in [0.4, 0.5) is 11.5 Å². The van der Waals surface area contributed by atoms with Gasteiger partial charge in [-0.05, 0) is 61.7 Å². The van der Waals surface area contributed by atoms with Crippen molar-refractivity contribution in [1.29, 1.82) is 0 Å². The molecule has 6 heteroatoms. The van der Waals surface area contributed by atoms with Crippen molar-refractivity contribution in [1.82, 2.24) is 10.2 Å². The molecule has 4 rings (SSSR count). The van der Waals surface area contributed by atoms with Crippen LogP contribution in [0.5, 0.6) is 0 Å². The van der Waals surface area contributed by atoms with Crippen molar-refractivity contribution in [3.8, 4) is 11.3 Å². The number of anilines is 2. The Hall–Kier alpha value is -2.73. The molecule has 1 saturated heterocycles. The standard InChI is InChI=1S/C22H21BrN4O/c23-18-8-4-7-17(14-18)22(28)24-19-9-5-6-16(15-19)20-10-11-21(26-25-20)27-12-2-1-3-13-27/h4-11,14-15H,1-3,12-13H2,(H,24,28). The first-order chi connectivity index (χ1) is 13.7. The monoisotopic (exact) mass is 436 g/mol. The molecule has 1 fully saturated rings. The van der Waals surface area contributed by atoms with Gasteiger partial charge in [0.25, 0.3) is 5.91 Å². The predicted octanol–water partition coefficient (Wildman–Crippen LogP) is 5.15. The smallest absolute Gasteiger partial charge is 0.255 e. The molecule has 0 bridgehead atoms. The molecule has 1 aliphatic rings. The Labute approximate surface area is 172 Å². The van der Waals surface area contributed by atoms with Gasteiger partial charge in [-0.2, -0.15) is 0 Å². The lowest BCUT2D eigenvalue weighted by molar-refractivity contribution is 0.102. The first-order valence-electron chi connectivity index (χ1n) is 9.45. The maximum absolute atomic E-state index is 12.5. The number of carbonyl (C=O) groups is 1. The molecule has 3 aromatic rings. The van der Waals surface area contributed by atoms with E-state index in [2.05, 4.69) is 36.3 Å². The van der Waals surface area contributed by atoms with E-state index in [1.54, 1.807) is 12.1 Å². The number of hydrogen-bond donors (Lipinski definition) is 1. The van der Waals surface area contributed by atoms with Gasteiger partial charge >= 0.3 is 0 Å². The van der Waals surface area contributed by atoms with Gasteiger partial charge in [-0.15, -0.1) is 10.2 Å². The molecule has 28 heavy (non-hydrogen) atoms. The van der Waals surface area contributed by atoms with Crippen LogP contribution in [0.25, 0.3) is 11.3 Å². The third kappa shape index (κ3) is 4.39. The molecule has 0 spiro atoms. The molecule has 1 N–H and O–H groups in total. The molecule has 1 amide bonds. The molecule has 0 unspecified atom stereocenters. The van der Waals surface area contributed by atoms with Crippen LogP contribution in [0, 0.1) is 0 Å². The summed E-state index contributed by atoms with van der Waals surface area (Å²) < 4.78 is 0.873. The number of benzene rings is 2. The fourth-order valence-corrected chi connectivity index (χ4v) is 3.76. The molecule has 0 aliphatic carbocycles. The first kappa shape index (κ1) is 18.6. The summed E-state index contributed by atoms with van der Waals surface area (Å²) in [6.07, 6.45) is 3.72. The van der Waals surface area contributed by atoms with Gasteiger partial charge in [0, 0.05) is 34.4 Å². The van der Waals surface area contributed by atoms with E-state index in [-0.39, 0.29) is 5.91 Å². The fourth-order valence-electron chi connectivity index (χ4n) is 3.36. The molecule has 5 nitrogen and oxygen atoms in total. The van der Waals surface area contributed by atoms with Gasteiger partial charge in [0.15, 0.2) is 5.82 Å². The van der Waals surface area contributed by atoms with Crippen LogP contribution in [-0.4, -0.2) is 29.2 Å². The number of nitrogens with one attached hydrogen (secondary N) is 1. The van der Waals surface area contributed by atoms with Crippen molar-refractivity contribution in [3.63, 3.8) is 0 Å². The second kappa shape index (κ2) is 8.52.